The zero-order valence-electron chi connectivity index (χ0n) is 11.8. The Kier molecular flexibility index (Phi) is 8.21. The van der Waals surface area contributed by atoms with Crippen LogP contribution in [0, 0.1) is 0 Å². The van der Waals surface area contributed by atoms with Gasteiger partial charge in [-0.25, -0.2) is 4.98 Å². The van der Waals surface area contributed by atoms with Gasteiger partial charge in [0.05, 0.1) is 0 Å². The average Bonchev–Trinajstić information content (AvgIpc) is 2.83. The molecule has 4 nitrogen and oxygen atoms in total. The SMILES string of the molecule is CCCCCCCCCCNC(=O)c1csc(N)n1. The highest BCUT2D eigenvalue weighted by Gasteiger charge is 2.08. The Morgan fingerprint density at radius 3 is 2.42 bits per heavy atom. The molecule has 0 saturated heterocycles. The lowest BCUT2D eigenvalue weighted by atomic mass is 10.1. The Balaban J connectivity index is 1.95. The number of nitrogens with one attached hydrogen (secondary N) is 1. The van der Waals surface area contributed by atoms with Crippen LogP contribution in [-0.2, 0) is 0 Å². The van der Waals surface area contributed by atoms with Crippen LogP contribution in [0.2, 0.25) is 0 Å². The molecule has 0 aliphatic carbocycles. The fourth-order valence-electron chi connectivity index (χ4n) is 1.94. The molecule has 1 heterocycles. The number of aromatic nitrogens is 1. The first-order valence-electron chi connectivity index (χ1n) is 7.23. The van der Waals surface area contributed by atoms with Gasteiger partial charge < -0.3 is 11.1 Å². The molecule has 1 rings (SSSR count). The molecule has 0 aliphatic heterocycles. The summed E-state index contributed by atoms with van der Waals surface area (Å²) in [5.41, 5.74) is 5.92. The number of amides is 1. The molecule has 3 N–H and O–H groups in total. The van der Waals surface area contributed by atoms with Gasteiger partial charge in [0.25, 0.3) is 5.91 Å². The van der Waals surface area contributed by atoms with Crippen molar-refractivity contribution in [3.63, 3.8) is 0 Å². The maximum atomic E-state index is 11.6. The van der Waals surface area contributed by atoms with E-state index >= 15 is 0 Å². The summed E-state index contributed by atoms with van der Waals surface area (Å²) in [7, 11) is 0. The van der Waals surface area contributed by atoms with E-state index in [0.717, 1.165) is 13.0 Å². The maximum Gasteiger partial charge on any atom is 0.270 e. The van der Waals surface area contributed by atoms with Crippen molar-refractivity contribution in [2.75, 3.05) is 12.3 Å². The van der Waals surface area contributed by atoms with E-state index in [9.17, 15) is 4.79 Å². The number of thiazole rings is 1. The molecule has 1 aromatic rings. The van der Waals surface area contributed by atoms with Crippen LogP contribution in [0.1, 0.15) is 68.8 Å². The fraction of sp³-hybridized carbons (Fsp3) is 0.714. The van der Waals surface area contributed by atoms with Crippen LogP contribution in [0.4, 0.5) is 5.13 Å². The number of hydrogen-bond donors (Lipinski definition) is 2. The van der Waals surface area contributed by atoms with E-state index in [4.69, 9.17) is 5.73 Å². The second-order valence-corrected chi connectivity index (χ2v) is 5.69. The summed E-state index contributed by atoms with van der Waals surface area (Å²) in [5.74, 6) is -0.115. The predicted molar refractivity (Wildman–Crippen MR) is 81.5 cm³/mol. The van der Waals surface area contributed by atoms with E-state index in [1.165, 1.54) is 56.3 Å². The quantitative estimate of drug-likeness (QED) is 0.645. The van der Waals surface area contributed by atoms with E-state index < -0.39 is 0 Å². The molecule has 0 aromatic carbocycles. The number of anilines is 1. The van der Waals surface area contributed by atoms with Gasteiger partial charge in [0.2, 0.25) is 0 Å². The number of hydrogen-bond acceptors (Lipinski definition) is 4. The van der Waals surface area contributed by atoms with Crippen LogP contribution in [0.3, 0.4) is 0 Å². The Morgan fingerprint density at radius 2 is 1.84 bits per heavy atom. The molecule has 0 fully saturated rings. The minimum absolute atomic E-state index is 0.115. The van der Waals surface area contributed by atoms with E-state index in [1.54, 1.807) is 5.38 Å². The Hall–Kier alpha value is -1.10. The van der Waals surface area contributed by atoms with E-state index in [2.05, 4.69) is 17.2 Å². The highest BCUT2D eigenvalue weighted by molar-refractivity contribution is 7.13. The molecule has 0 saturated carbocycles. The molecule has 0 atom stereocenters. The number of unbranched alkanes of at least 4 members (excludes halogenated alkanes) is 7. The van der Waals surface area contributed by atoms with Gasteiger partial charge in [-0.15, -0.1) is 11.3 Å². The highest BCUT2D eigenvalue weighted by atomic mass is 32.1. The van der Waals surface area contributed by atoms with Gasteiger partial charge in [-0.2, -0.15) is 0 Å². The monoisotopic (exact) mass is 283 g/mol. The van der Waals surface area contributed by atoms with Crippen molar-refractivity contribution < 1.29 is 4.79 Å². The smallest absolute Gasteiger partial charge is 0.270 e. The summed E-state index contributed by atoms with van der Waals surface area (Å²) < 4.78 is 0. The average molecular weight is 283 g/mol. The van der Waals surface area contributed by atoms with Crippen LogP contribution >= 0.6 is 11.3 Å². The van der Waals surface area contributed by atoms with Gasteiger partial charge in [0.15, 0.2) is 5.13 Å². The summed E-state index contributed by atoms with van der Waals surface area (Å²) in [4.78, 5) is 15.6. The van der Waals surface area contributed by atoms with Crippen molar-refractivity contribution >= 4 is 22.4 Å². The first-order chi connectivity index (χ1) is 9.24. The standard InChI is InChI=1S/C14H25N3OS/c1-2-3-4-5-6-7-8-9-10-16-13(18)12-11-19-14(15)17-12/h11H,2-10H2,1H3,(H2,15,17)(H,16,18). The topological polar surface area (TPSA) is 68.0 Å². The molecular formula is C14H25N3OS. The van der Waals surface area contributed by atoms with Crippen LogP contribution < -0.4 is 11.1 Å². The minimum atomic E-state index is -0.115. The third-order valence-corrected chi connectivity index (χ3v) is 3.74. The minimum Gasteiger partial charge on any atom is -0.375 e. The second-order valence-electron chi connectivity index (χ2n) is 4.80. The maximum absolute atomic E-state index is 11.6. The molecule has 0 aliphatic rings. The zero-order chi connectivity index (χ0) is 13.9. The number of nitrogens with two attached hydrogens (primary N) is 1. The molecule has 19 heavy (non-hydrogen) atoms. The summed E-state index contributed by atoms with van der Waals surface area (Å²) in [6.07, 6.45) is 10.2. The molecule has 0 radical (unpaired) electrons. The van der Waals surface area contributed by atoms with Crippen LogP contribution in [0.15, 0.2) is 5.38 Å². The van der Waals surface area contributed by atoms with E-state index in [-0.39, 0.29) is 5.91 Å². The first kappa shape index (κ1) is 16.0. The lowest BCUT2D eigenvalue weighted by Crippen LogP contribution is -2.24. The summed E-state index contributed by atoms with van der Waals surface area (Å²) in [6.45, 7) is 2.96. The number of nitrogens with zero attached hydrogens (tertiary/aromatic N) is 1. The van der Waals surface area contributed by atoms with Gasteiger partial charge >= 0.3 is 0 Å². The van der Waals surface area contributed by atoms with Crippen molar-refractivity contribution in [3.05, 3.63) is 11.1 Å². The predicted octanol–water partition coefficient (Wildman–Crippen LogP) is 3.60. The van der Waals surface area contributed by atoms with Gasteiger partial charge in [-0.05, 0) is 6.42 Å². The third-order valence-electron chi connectivity index (χ3n) is 3.07. The summed E-state index contributed by atoms with van der Waals surface area (Å²) >= 11 is 1.30. The number of rotatable bonds is 10. The van der Waals surface area contributed by atoms with Crippen LogP contribution in [0.25, 0.3) is 0 Å². The molecule has 0 unspecified atom stereocenters. The summed E-state index contributed by atoms with van der Waals surface area (Å²) in [5, 5.41) is 5.01. The lowest BCUT2D eigenvalue weighted by molar-refractivity contribution is 0.0948. The molecule has 0 bridgehead atoms. The van der Waals surface area contributed by atoms with E-state index in [1.807, 2.05) is 0 Å². The summed E-state index contributed by atoms with van der Waals surface area (Å²) in [6, 6.07) is 0. The zero-order valence-corrected chi connectivity index (χ0v) is 12.6. The number of carbonyl (C=O) groups is 1. The first-order valence-corrected chi connectivity index (χ1v) is 8.11. The molecule has 5 heteroatoms. The highest BCUT2D eigenvalue weighted by Crippen LogP contribution is 2.11. The molecular weight excluding hydrogens is 258 g/mol. The largest absolute Gasteiger partial charge is 0.375 e. The molecule has 1 amide bonds. The van der Waals surface area contributed by atoms with Gasteiger partial charge in [0, 0.05) is 11.9 Å². The molecule has 0 spiro atoms. The third kappa shape index (κ3) is 7.15. The van der Waals surface area contributed by atoms with Crippen molar-refractivity contribution in [1.29, 1.82) is 0 Å². The molecule has 1 aromatic heterocycles. The second kappa shape index (κ2) is 9.78. The van der Waals surface area contributed by atoms with Crippen molar-refractivity contribution in [2.24, 2.45) is 0 Å². The Labute approximate surface area is 119 Å². The van der Waals surface area contributed by atoms with Gasteiger partial charge in [-0.1, -0.05) is 51.9 Å². The Bertz CT molecular complexity index is 365. The molecule has 108 valence electrons. The van der Waals surface area contributed by atoms with Gasteiger partial charge in [0.1, 0.15) is 5.69 Å². The van der Waals surface area contributed by atoms with Crippen molar-refractivity contribution in [3.8, 4) is 0 Å². The normalized spacial score (nSPS) is 10.6. The Morgan fingerprint density at radius 1 is 1.21 bits per heavy atom. The van der Waals surface area contributed by atoms with Crippen LogP contribution in [0.5, 0.6) is 0 Å². The number of nitrogen functional groups attached to an aromatic ring is 1. The number of carbonyl (C=O) groups excluding carboxylic acids is 1. The van der Waals surface area contributed by atoms with Crippen molar-refractivity contribution in [1.82, 2.24) is 10.3 Å². The van der Waals surface area contributed by atoms with E-state index in [0.29, 0.717) is 10.8 Å². The van der Waals surface area contributed by atoms with Crippen molar-refractivity contribution in [2.45, 2.75) is 58.3 Å². The lowest BCUT2D eigenvalue weighted by Gasteiger charge is -2.03. The fourth-order valence-corrected chi connectivity index (χ4v) is 2.49. The van der Waals surface area contributed by atoms with Crippen LogP contribution in [-0.4, -0.2) is 17.4 Å². The van der Waals surface area contributed by atoms with Gasteiger partial charge in [-0.3, -0.25) is 4.79 Å².